The first kappa shape index (κ1) is 15.8. The number of anilines is 1. The van der Waals surface area contributed by atoms with E-state index in [0.717, 1.165) is 18.4 Å². The number of carbonyl (C=O) groups excluding carboxylic acids is 1. The van der Waals surface area contributed by atoms with Crippen LogP contribution in [0.2, 0.25) is 0 Å². The predicted molar refractivity (Wildman–Crippen MR) is 83.2 cm³/mol. The second kappa shape index (κ2) is 7.40. The Labute approximate surface area is 129 Å². The number of rotatable bonds is 6. The molecule has 1 aromatic heterocycles. The molecule has 0 aliphatic rings. The van der Waals surface area contributed by atoms with E-state index in [0.29, 0.717) is 18.2 Å². The summed E-state index contributed by atoms with van der Waals surface area (Å²) in [6.45, 7) is 4.43. The molecule has 1 amide bonds. The van der Waals surface area contributed by atoms with E-state index in [9.17, 15) is 9.90 Å². The Morgan fingerprint density at radius 2 is 2.14 bits per heavy atom. The lowest BCUT2D eigenvalue weighted by Crippen LogP contribution is -2.15. The van der Waals surface area contributed by atoms with Crippen LogP contribution >= 0.6 is 0 Å². The van der Waals surface area contributed by atoms with Crippen molar-refractivity contribution in [3.8, 4) is 11.6 Å². The van der Waals surface area contributed by atoms with Gasteiger partial charge in [-0.3, -0.25) is 4.79 Å². The molecule has 2 N–H and O–H groups in total. The van der Waals surface area contributed by atoms with Gasteiger partial charge < -0.3 is 15.2 Å². The molecule has 116 valence electrons. The maximum absolute atomic E-state index is 12.2. The third-order valence-electron chi connectivity index (χ3n) is 3.08. The smallest absolute Gasteiger partial charge is 0.274 e. The summed E-state index contributed by atoms with van der Waals surface area (Å²) in [5.74, 6) is 0.191. The summed E-state index contributed by atoms with van der Waals surface area (Å²) in [5, 5.41) is 12.1. The van der Waals surface area contributed by atoms with E-state index in [4.69, 9.17) is 4.74 Å². The Kier molecular flexibility index (Phi) is 5.30. The molecule has 6 nitrogen and oxygen atoms in total. The highest BCUT2D eigenvalue weighted by atomic mass is 16.5. The van der Waals surface area contributed by atoms with Gasteiger partial charge in [0.2, 0.25) is 5.88 Å². The molecule has 0 saturated carbocycles. The number of ether oxygens (including phenoxy) is 1. The first-order valence-corrected chi connectivity index (χ1v) is 7.16. The monoisotopic (exact) mass is 301 g/mol. The maximum atomic E-state index is 12.2. The second-order valence-corrected chi connectivity index (χ2v) is 4.90. The fourth-order valence-electron chi connectivity index (χ4n) is 1.84. The van der Waals surface area contributed by atoms with Gasteiger partial charge in [0.1, 0.15) is 17.8 Å². The number of nitrogens with one attached hydrogen (secondary N) is 1. The molecule has 2 aromatic rings. The first-order valence-electron chi connectivity index (χ1n) is 7.16. The number of nitrogens with zero attached hydrogens (tertiary/aromatic N) is 2. The molecule has 0 atom stereocenters. The van der Waals surface area contributed by atoms with E-state index >= 15 is 0 Å². The zero-order valence-electron chi connectivity index (χ0n) is 12.7. The van der Waals surface area contributed by atoms with Crippen molar-refractivity contribution in [3.05, 3.63) is 41.9 Å². The van der Waals surface area contributed by atoms with Crippen molar-refractivity contribution in [2.75, 3.05) is 11.9 Å². The van der Waals surface area contributed by atoms with Gasteiger partial charge in [-0.25, -0.2) is 9.97 Å². The van der Waals surface area contributed by atoms with Gasteiger partial charge in [-0.05, 0) is 37.1 Å². The molecule has 0 aliphatic carbocycles. The molecule has 1 aromatic carbocycles. The van der Waals surface area contributed by atoms with E-state index in [2.05, 4.69) is 22.2 Å². The standard InChI is InChI=1S/C16H19N3O3/c1-3-4-7-22-15-9-14(17-10-18-15)16(21)19-13-6-5-12(20)8-11(13)2/h5-6,8-10,20H,3-4,7H2,1-2H3,(H,19,21). The van der Waals surface area contributed by atoms with E-state index in [-0.39, 0.29) is 17.4 Å². The molecule has 0 radical (unpaired) electrons. The van der Waals surface area contributed by atoms with E-state index < -0.39 is 0 Å². The lowest BCUT2D eigenvalue weighted by atomic mass is 10.2. The molecule has 0 bridgehead atoms. The fourth-order valence-corrected chi connectivity index (χ4v) is 1.84. The van der Waals surface area contributed by atoms with Crippen LogP contribution in [-0.4, -0.2) is 27.6 Å². The molecule has 2 rings (SSSR count). The normalized spacial score (nSPS) is 10.3. The van der Waals surface area contributed by atoms with Crippen LogP contribution in [0.3, 0.4) is 0 Å². The third-order valence-corrected chi connectivity index (χ3v) is 3.08. The van der Waals surface area contributed by atoms with Gasteiger partial charge in [-0.1, -0.05) is 13.3 Å². The number of carbonyl (C=O) groups is 1. The van der Waals surface area contributed by atoms with Gasteiger partial charge in [-0.2, -0.15) is 0 Å². The molecule has 22 heavy (non-hydrogen) atoms. The summed E-state index contributed by atoms with van der Waals surface area (Å²) < 4.78 is 5.46. The zero-order valence-corrected chi connectivity index (χ0v) is 12.7. The largest absolute Gasteiger partial charge is 0.508 e. The minimum atomic E-state index is -0.350. The summed E-state index contributed by atoms with van der Waals surface area (Å²) in [6, 6.07) is 6.25. The molecular weight excluding hydrogens is 282 g/mol. The van der Waals surface area contributed by atoms with E-state index in [1.807, 2.05) is 0 Å². The van der Waals surface area contributed by atoms with Crippen molar-refractivity contribution in [1.29, 1.82) is 0 Å². The summed E-state index contributed by atoms with van der Waals surface area (Å²) in [5.41, 5.74) is 1.62. The summed E-state index contributed by atoms with van der Waals surface area (Å²) in [4.78, 5) is 20.2. The lowest BCUT2D eigenvalue weighted by Gasteiger charge is -2.09. The second-order valence-electron chi connectivity index (χ2n) is 4.90. The highest BCUT2D eigenvalue weighted by Crippen LogP contribution is 2.20. The Morgan fingerprint density at radius 1 is 1.32 bits per heavy atom. The highest BCUT2D eigenvalue weighted by molar-refractivity contribution is 6.03. The minimum Gasteiger partial charge on any atom is -0.508 e. The van der Waals surface area contributed by atoms with Gasteiger partial charge in [0.25, 0.3) is 5.91 Å². The van der Waals surface area contributed by atoms with Gasteiger partial charge >= 0.3 is 0 Å². The van der Waals surface area contributed by atoms with Gasteiger partial charge in [-0.15, -0.1) is 0 Å². The Hall–Kier alpha value is -2.63. The van der Waals surface area contributed by atoms with Gasteiger partial charge in [0.15, 0.2) is 0 Å². The van der Waals surface area contributed by atoms with Crippen LogP contribution in [0.15, 0.2) is 30.6 Å². The molecular formula is C16H19N3O3. The number of aryl methyl sites for hydroxylation is 1. The van der Waals surface area contributed by atoms with Crippen molar-refractivity contribution < 1.29 is 14.6 Å². The Morgan fingerprint density at radius 3 is 2.86 bits per heavy atom. The van der Waals surface area contributed by atoms with Gasteiger partial charge in [0.05, 0.1) is 6.61 Å². The molecule has 6 heteroatoms. The Balaban J connectivity index is 2.07. The van der Waals surface area contributed by atoms with Crippen molar-refractivity contribution in [3.63, 3.8) is 0 Å². The number of aromatic nitrogens is 2. The first-order chi connectivity index (χ1) is 10.6. The average Bonchev–Trinajstić information content (AvgIpc) is 2.50. The maximum Gasteiger partial charge on any atom is 0.274 e. The minimum absolute atomic E-state index is 0.157. The number of phenolic OH excluding ortho intramolecular Hbond substituents is 1. The Bertz CT molecular complexity index is 659. The molecule has 0 fully saturated rings. The van der Waals surface area contributed by atoms with Crippen LogP contribution in [0.25, 0.3) is 0 Å². The van der Waals surface area contributed by atoms with E-state index in [1.165, 1.54) is 18.5 Å². The number of unbranched alkanes of at least 4 members (excludes halogenated alkanes) is 1. The average molecular weight is 301 g/mol. The predicted octanol–water partition coefficient (Wildman–Crippen LogP) is 2.92. The van der Waals surface area contributed by atoms with Crippen LogP contribution < -0.4 is 10.1 Å². The quantitative estimate of drug-likeness (QED) is 0.633. The number of benzene rings is 1. The summed E-state index contributed by atoms with van der Waals surface area (Å²) >= 11 is 0. The van der Waals surface area contributed by atoms with Crippen LogP contribution in [0.1, 0.15) is 35.8 Å². The number of phenols is 1. The van der Waals surface area contributed by atoms with Crippen molar-refractivity contribution in [2.45, 2.75) is 26.7 Å². The lowest BCUT2D eigenvalue weighted by molar-refractivity contribution is 0.102. The van der Waals surface area contributed by atoms with Crippen molar-refractivity contribution in [1.82, 2.24) is 9.97 Å². The number of hydrogen-bond donors (Lipinski definition) is 2. The van der Waals surface area contributed by atoms with E-state index in [1.54, 1.807) is 19.1 Å². The fraction of sp³-hybridized carbons (Fsp3) is 0.312. The molecule has 0 aliphatic heterocycles. The zero-order chi connectivity index (χ0) is 15.9. The van der Waals surface area contributed by atoms with Crippen LogP contribution in [0.4, 0.5) is 5.69 Å². The SMILES string of the molecule is CCCCOc1cc(C(=O)Nc2ccc(O)cc2C)ncn1. The summed E-state index contributed by atoms with van der Waals surface area (Å²) in [6.07, 6.45) is 3.26. The van der Waals surface area contributed by atoms with Gasteiger partial charge in [0, 0.05) is 11.8 Å². The van der Waals surface area contributed by atoms with Crippen molar-refractivity contribution in [2.24, 2.45) is 0 Å². The molecule has 0 spiro atoms. The summed E-state index contributed by atoms with van der Waals surface area (Å²) in [7, 11) is 0. The number of amides is 1. The van der Waals surface area contributed by atoms with Crippen molar-refractivity contribution >= 4 is 11.6 Å². The van der Waals surface area contributed by atoms with Crippen LogP contribution in [0.5, 0.6) is 11.6 Å². The van der Waals surface area contributed by atoms with Crippen LogP contribution in [0, 0.1) is 6.92 Å². The van der Waals surface area contributed by atoms with Crippen LogP contribution in [-0.2, 0) is 0 Å². The highest BCUT2D eigenvalue weighted by Gasteiger charge is 2.11. The number of hydrogen-bond acceptors (Lipinski definition) is 5. The molecule has 0 unspecified atom stereocenters. The topological polar surface area (TPSA) is 84.3 Å². The third kappa shape index (κ3) is 4.18. The molecule has 1 heterocycles. The number of aromatic hydroxyl groups is 1. The molecule has 0 saturated heterocycles.